The number of halogens is 4. The van der Waals surface area contributed by atoms with E-state index in [1.165, 1.54) is 0 Å². The fraction of sp³-hybridized carbons (Fsp3) is 0. The minimum absolute atomic E-state index is 0.382. The van der Waals surface area contributed by atoms with E-state index in [9.17, 15) is 0 Å². The molecule has 0 radical (unpaired) electrons. The van der Waals surface area contributed by atoms with Gasteiger partial charge in [0, 0.05) is 15.6 Å². The smallest absolute Gasteiger partial charge is 0.0992 e. The average molecular weight is 317 g/mol. The van der Waals surface area contributed by atoms with Crippen molar-refractivity contribution in [2.75, 3.05) is 0 Å². The molecule has 0 N–H and O–H groups in total. The monoisotopic (exact) mass is 315 g/mol. The van der Waals surface area contributed by atoms with Gasteiger partial charge in [-0.2, -0.15) is 5.26 Å². The Labute approximate surface area is 124 Å². The quantitative estimate of drug-likeness (QED) is 0.606. The van der Waals surface area contributed by atoms with Gasteiger partial charge in [-0.05, 0) is 35.9 Å². The van der Waals surface area contributed by atoms with Gasteiger partial charge in [-0.25, -0.2) is 0 Å². The van der Waals surface area contributed by atoms with Crippen LogP contribution in [0.3, 0.4) is 0 Å². The van der Waals surface area contributed by atoms with E-state index in [4.69, 9.17) is 51.7 Å². The second-order valence-corrected chi connectivity index (χ2v) is 5.24. The van der Waals surface area contributed by atoms with E-state index in [-0.39, 0.29) is 0 Å². The van der Waals surface area contributed by atoms with Crippen LogP contribution < -0.4 is 0 Å². The molecule has 2 aromatic carbocycles. The van der Waals surface area contributed by atoms with Gasteiger partial charge in [0.05, 0.1) is 21.7 Å². The summed E-state index contributed by atoms with van der Waals surface area (Å²) >= 11 is 23.9. The molecule has 0 saturated carbocycles. The zero-order valence-corrected chi connectivity index (χ0v) is 11.9. The molecule has 2 rings (SSSR count). The van der Waals surface area contributed by atoms with Gasteiger partial charge in [-0.3, -0.25) is 0 Å². The molecule has 0 aliphatic rings. The molecular formula is C13H5Cl4N. The second-order valence-electron chi connectivity index (χ2n) is 3.59. The lowest BCUT2D eigenvalue weighted by Crippen LogP contribution is -1.84. The number of benzene rings is 2. The Morgan fingerprint density at radius 2 is 1.44 bits per heavy atom. The van der Waals surface area contributed by atoms with Crippen molar-refractivity contribution in [3.8, 4) is 17.2 Å². The van der Waals surface area contributed by atoms with E-state index in [1.807, 2.05) is 6.07 Å². The minimum atomic E-state index is 0.382. The summed E-state index contributed by atoms with van der Waals surface area (Å²) in [4.78, 5) is 0. The van der Waals surface area contributed by atoms with Crippen LogP contribution in [0.25, 0.3) is 11.1 Å². The number of nitriles is 1. The second kappa shape index (κ2) is 5.38. The van der Waals surface area contributed by atoms with Crippen LogP contribution in [0, 0.1) is 11.3 Å². The van der Waals surface area contributed by atoms with Crippen molar-refractivity contribution in [2.45, 2.75) is 0 Å². The van der Waals surface area contributed by atoms with Gasteiger partial charge < -0.3 is 0 Å². The third-order valence-corrected chi connectivity index (χ3v) is 3.60. The first kappa shape index (κ1) is 13.5. The van der Waals surface area contributed by atoms with Gasteiger partial charge in [0.2, 0.25) is 0 Å². The van der Waals surface area contributed by atoms with Gasteiger partial charge in [0.1, 0.15) is 0 Å². The Hall–Kier alpha value is -0.910. The van der Waals surface area contributed by atoms with Crippen molar-refractivity contribution in [3.05, 3.63) is 56.0 Å². The Balaban J connectivity index is 2.66. The Morgan fingerprint density at radius 1 is 0.778 bits per heavy atom. The van der Waals surface area contributed by atoms with Gasteiger partial charge >= 0.3 is 0 Å². The molecular weight excluding hydrogens is 312 g/mol. The van der Waals surface area contributed by atoms with Gasteiger partial charge in [-0.1, -0.05) is 46.4 Å². The van der Waals surface area contributed by atoms with Crippen LogP contribution in [0.15, 0.2) is 30.3 Å². The fourth-order valence-corrected chi connectivity index (χ4v) is 2.44. The lowest BCUT2D eigenvalue weighted by atomic mass is 10.0. The molecule has 0 spiro atoms. The average Bonchev–Trinajstić information content (AvgIpc) is 2.33. The Kier molecular flexibility index (Phi) is 4.04. The van der Waals surface area contributed by atoms with Crippen LogP contribution in [0.5, 0.6) is 0 Å². The van der Waals surface area contributed by atoms with Gasteiger partial charge in [-0.15, -0.1) is 0 Å². The topological polar surface area (TPSA) is 23.8 Å². The SMILES string of the molecule is N#Cc1cc(Cl)cc(-c2cc(Cl)c(Cl)cc2Cl)c1. The highest BCUT2D eigenvalue weighted by Crippen LogP contribution is 2.36. The summed E-state index contributed by atoms with van der Waals surface area (Å²) in [5.74, 6) is 0. The maximum atomic E-state index is 8.91. The van der Waals surface area contributed by atoms with E-state index in [2.05, 4.69) is 0 Å². The Bertz CT molecular complexity index is 659. The van der Waals surface area contributed by atoms with Gasteiger partial charge in [0.15, 0.2) is 0 Å². The van der Waals surface area contributed by atoms with Crippen molar-refractivity contribution in [3.63, 3.8) is 0 Å². The predicted molar refractivity (Wildman–Crippen MR) is 76.6 cm³/mol. The number of hydrogen-bond donors (Lipinski definition) is 0. The summed E-state index contributed by atoms with van der Waals surface area (Å²) < 4.78 is 0. The fourth-order valence-electron chi connectivity index (χ4n) is 1.55. The molecule has 0 atom stereocenters. The zero-order valence-electron chi connectivity index (χ0n) is 8.85. The van der Waals surface area contributed by atoms with Crippen molar-refractivity contribution in [2.24, 2.45) is 0 Å². The zero-order chi connectivity index (χ0) is 13.3. The summed E-state index contributed by atoms with van der Waals surface area (Å²) in [6.07, 6.45) is 0. The molecule has 0 fully saturated rings. The van der Waals surface area contributed by atoms with Crippen LogP contribution in [-0.2, 0) is 0 Å². The standard InChI is InChI=1S/C13H5Cl4N/c14-9-2-7(6-18)1-8(3-9)10-4-12(16)13(17)5-11(10)15/h1-5H. The van der Waals surface area contributed by atoms with Crippen LogP contribution in [-0.4, -0.2) is 0 Å². The van der Waals surface area contributed by atoms with Gasteiger partial charge in [0.25, 0.3) is 0 Å². The normalized spacial score (nSPS) is 10.2. The molecule has 0 aromatic heterocycles. The molecule has 5 heteroatoms. The first-order valence-corrected chi connectivity index (χ1v) is 6.38. The first-order valence-electron chi connectivity index (χ1n) is 4.87. The third-order valence-electron chi connectivity index (χ3n) is 2.35. The lowest BCUT2D eigenvalue weighted by Gasteiger charge is -2.07. The summed E-state index contributed by atoms with van der Waals surface area (Å²) in [5.41, 5.74) is 1.87. The molecule has 0 bridgehead atoms. The molecule has 0 amide bonds. The summed E-state index contributed by atoms with van der Waals surface area (Å²) in [6.45, 7) is 0. The molecule has 0 unspecified atom stereocenters. The maximum Gasteiger partial charge on any atom is 0.0992 e. The van der Waals surface area contributed by atoms with Crippen LogP contribution >= 0.6 is 46.4 Å². The summed E-state index contributed by atoms with van der Waals surface area (Å²) in [7, 11) is 0. The van der Waals surface area contributed by atoms with E-state index in [0.717, 1.165) is 5.56 Å². The molecule has 2 aromatic rings. The molecule has 90 valence electrons. The minimum Gasteiger partial charge on any atom is -0.192 e. The number of rotatable bonds is 1. The predicted octanol–water partition coefficient (Wildman–Crippen LogP) is 5.84. The van der Waals surface area contributed by atoms with E-state index in [1.54, 1.807) is 30.3 Å². The highest BCUT2D eigenvalue weighted by Gasteiger charge is 2.09. The highest BCUT2D eigenvalue weighted by atomic mass is 35.5. The van der Waals surface area contributed by atoms with E-state index < -0.39 is 0 Å². The molecule has 0 heterocycles. The lowest BCUT2D eigenvalue weighted by molar-refractivity contribution is 1.48. The number of hydrogen-bond acceptors (Lipinski definition) is 1. The van der Waals surface area contributed by atoms with Crippen molar-refractivity contribution < 1.29 is 0 Å². The largest absolute Gasteiger partial charge is 0.192 e. The van der Waals surface area contributed by atoms with Crippen LogP contribution in [0.1, 0.15) is 5.56 Å². The first-order chi connectivity index (χ1) is 8.51. The number of nitrogens with zero attached hydrogens (tertiary/aromatic N) is 1. The summed E-state index contributed by atoms with van der Waals surface area (Å²) in [6, 6.07) is 10.2. The van der Waals surface area contributed by atoms with Crippen LogP contribution in [0.2, 0.25) is 20.1 Å². The van der Waals surface area contributed by atoms with Crippen molar-refractivity contribution in [1.82, 2.24) is 0 Å². The molecule has 0 aliphatic carbocycles. The van der Waals surface area contributed by atoms with Crippen LogP contribution in [0.4, 0.5) is 0 Å². The van der Waals surface area contributed by atoms with Crippen molar-refractivity contribution >= 4 is 46.4 Å². The van der Waals surface area contributed by atoms with E-state index in [0.29, 0.717) is 31.2 Å². The van der Waals surface area contributed by atoms with E-state index >= 15 is 0 Å². The maximum absolute atomic E-state index is 8.91. The molecule has 1 nitrogen and oxygen atoms in total. The highest BCUT2D eigenvalue weighted by molar-refractivity contribution is 6.44. The molecule has 18 heavy (non-hydrogen) atoms. The Morgan fingerprint density at radius 3 is 2.11 bits per heavy atom. The third kappa shape index (κ3) is 2.74. The molecule has 0 aliphatic heterocycles. The molecule has 0 saturated heterocycles. The van der Waals surface area contributed by atoms with Crippen molar-refractivity contribution in [1.29, 1.82) is 5.26 Å². The summed E-state index contributed by atoms with van der Waals surface area (Å²) in [5, 5.41) is 10.6.